The van der Waals surface area contributed by atoms with Gasteiger partial charge in [-0.3, -0.25) is 0 Å². The van der Waals surface area contributed by atoms with E-state index in [0.29, 0.717) is 0 Å². The Kier molecular flexibility index (Phi) is 8.92. The molecule has 0 atom stereocenters. The molecular weight excluding hydrogens is 746 g/mol. The summed E-state index contributed by atoms with van der Waals surface area (Å²) in [5.74, 6) is 0. The van der Waals surface area contributed by atoms with E-state index in [1.54, 1.807) is 0 Å². The van der Waals surface area contributed by atoms with Gasteiger partial charge in [0.15, 0.2) is 0 Å². The molecule has 0 fully saturated rings. The normalized spacial score (nSPS) is 12.9. The zero-order valence-electron chi connectivity index (χ0n) is 25.1. The predicted molar refractivity (Wildman–Crippen MR) is 184 cm³/mol. The van der Waals surface area contributed by atoms with Crippen molar-refractivity contribution in [1.82, 2.24) is 0 Å². The number of rotatable bonds is 5. The first kappa shape index (κ1) is 30.7. The summed E-state index contributed by atoms with van der Waals surface area (Å²) in [4.78, 5) is 8.95. The maximum atomic E-state index is 6.25. The average molecular weight is 775 g/mol. The number of para-hydroxylation sites is 5. The molecule has 2 aliphatic rings. The molecule has 5 nitrogen and oxygen atoms in total. The van der Waals surface area contributed by atoms with Gasteiger partial charge in [-0.1, -0.05) is 103 Å². The second kappa shape index (κ2) is 13.4. The zero-order valence-corrected chi connectivity index (χ0v) is 27.3. The number of benzene rings is 6. The molecule has 2 heterocycles. The van der Waals surface area contributed by atoms with Crippen LogP contribution in [0.25, 0.3) is 22.3 Å². The standard InChI is InChI=1S/C39H29N4.CN.Pt/c1-40-27-41(36-23-9-8-22-35(36)40)31-18-12-19-32(26-31)42-28-43(38-25-11-10-24-37(38)42)39-33(29-14-4-2-5-15-29)20-13-21-34(39)30-16-6-3-7-17-30;1-2;/h2-25,27-28H,1H3;;/q-3;-1;+4. The summed E-state index contributed by atoms with van der Waals surface area (Å²) in [6.07, 6.45) is 0. The molecule has 0 saturated heterocycles. The van der Waals surface area contributed by atoms with Crippen LogP contribution in [-0.2, 0) is 21.1 Å². The van der Waals surface area contributed by atoms with Gasteiger partial charge in [-0.05, 0) is 42.4 Å². The Hall–Kier alpha value is -5.30. The molecule has 0 aliphatic carbocycles. The smallest absolute Gasteiger partial charge is 0.512 e. The third-order valence-electron chi connectivity index (χ3n) is 8.17. The molecule has 0 spiro atoms. The predicted octanol–water partition coefficient (Wildman–Crippen LogP) is 10.0. The van der Waals surface area contributed by atoms with Crippen molar-refractivity contribution in [1.29, 1.82) is 5.26 Å². The number of hydrogen-bond donors (Lipinski definition) is 0. The summed E-state index contributed by atoms with van der Waals surface area (Å²) >= 11 is 0. The molecule has 6 aromatic rings. The van der Waals surface area contributed by atoms with Gasteiger partial charge in [0.05, 0.1) is 0 Å². The van der Waals surface area contributed by atoms with Crippen molar-refractivity contribution in [2.24, 2.45) is 0 Å². The molecular formula is C40H29N5Pt. The Bertz CT molecular complexity index is 1920. The van der Waals surface area contributed by atoms with Gasteiger partial charge in [-0.25, -0.2) is 0 Å². The van der Waals surface area contributed by atoms with E-state index in [1.165, 1.54) is 27.9 Å². The van der Waals surface area contributed by atoms with Crippen LogP contribution in [0.2, 0.25) is 0 Å². The molecule has 8 rings (SSSR count). The number of hydrogen-bond acceptors (Lipinski definition) is 5. The molecule has 2 aliphatic heterocycles. The molecule has 46 heavy (non-hydrogen) atoms. The summed E-state index contributed by atoms with van der Waals surface area (Å²) < 4.78 is 0. The van der Waals surface area contributed by atoms with Gasteiger partial charge in [0.2, 0.25) is 0 Å². The van der Waals surface area contributed by atoms with E-state index in [9.17, 15) is 0 Å². The largest absolute Gasteiger partial charge is 4.00 e. The van der Waals surface area contributed by atoms with E-state index in [4.69, 9.17) is 11.8 Å². The van der Waals surface area contributed by atoms with Crippen molar-refractivity contribution in [2.75, 3.05) is 26.6 Å². The molecule has 0 amide bonds. The molecule has 0 radical (unpaired) electrons. The van der Waals surface area contributed by atoms with Crippen LogP contribution < -0.4 is 19.6 Å². The minimum Gasteiger partial charge on any atom is -0.512 e. The van der Waals surface area contributed by atoms with Crippen LogP contribution in [0.15, 0.2) is 146 Å². The first-order valence-electron chi connectivity index (χ1n) is 14.7. The quantitative estimate of drug-likeness (QED) is 0.163. The minimum atomic E-state index is 0. The monoisotopic (exact) mass is 774 g/mol. The Morgan fingerprint density at radius 3 is 1.43 bits per heavy atom. The van der Waals surface area contributed by atoms with Crippen molar-refractivity contribution < 1.29 is 21.1 Å². The molecule has 0 bridgehead atoms. The van der Waals surface area contributed by atoms with Crippen molar-refractivity contribution >= 4 is 39.8 Å². The van der Waals surface area contributed by atoms with E-state index in [-0.39, 0.29) is 21.1 Å². The van der Waals surface area contributed by atoms with Gasteiger partial charge < -0.3 is 31.4 Å². The summed E-state index contributed by atoms with van der Waals surface area (Å²) in [6, 6.07) is 55.1. The minimum absolute atomic E-state index is 0. The molecule has 6 aromatic carbocycles. The molecule has 6 heteroatoms. The van der Waals surface area contributed by atoms with Crippen LogP contribution >= 0.6 is 0 Å². The maximum absolute atomic E-state index is 6.25. The third-order valence-corrected chi connectivity index (χ3v) is 8.17. The molecule has 0 aromatic heterocycles. The number of nitrogens with zero attached hydrogens (tertiary/aromatic N) is 5. The van der Waals surface area contributed by atoms with Crippen LogP contribution in [0.1, 0.15) is 0 Å². The SMILES string of the molecule is CN1[CH-]N(c2[c-]c(N3[CH-]N(c4c(-c5ccccc5)cccc4-c4ccccc4)c4ccccc43)ccc2)c2ccccc21.[C-]#N.[Pt+4]. The Morgan fingerprint density at radius 2 is 0.891 bits per heavy atom. The van der Waals surface area contributed by atoms with Gasteiger partial charge in [0.25, 0.3) is 0 Å². The van der Waals surface area contributed by atoms with Crippen molar-refractivity contribution in [3.8, 4) is 22.3 Å². The topological polar surface area (TPSA) is 36.8 Å². The van der Waals surface area contributed by atoms with Crippen molar-refractivity contribution in [3.05, 3.63) is 172 Å². The van der Waals surface area contributed by atoms with Gasteiger partial charge in [0.1, 0.15) is 0 Å². The van der Waals surface area contributed by atoms with Gasteiger partial charge in [-0.15, -0.1) is 36.2 Å². The van der Waals surface area contributed by atoms with Crippen molar-refractivity contribution in [2.45, 2.75) is 0 Å². The van der Waals surface area contributed by atoms with Gasteiger partial charge >= 0.3 is 21.1 Å². The van der Waals surface area contributed by atoms with Gasteiger partial charge in [0, 0.05) is 39.6 Å². The first-order valence-corrected chi connectivity index (χ1v) is 14.7. The van der Waals surface area contributed by atoms with Crippen molar-refractivity contribution in [3.63, 3.8) is 0 Å². The zero-order chi connectivity index (χ0) is 30.8. The maximum Gasteiger partial charge on any atom is 4.00 e. The second-order valence-electron chi connectivity index (χ2n) is 10.8. The summed E-state index contributed by atoms with van der Waals surface area (Å²) in [6.45, 7) is 9.08. The Labute approximate surface area is 285 Å². The number of fused-ring (bicyclic) bond motifs is 2. The van der Waals surface area contributed by atoms with Crippen LogP contribution in [0, 0.1) is 31.2 Å². The van der Waals surface area contributed by atoms with Gasteiger partial charge in [-0.2, -0.15) is 12.7 Å². The Morgan fingerprint density at radius 1 is 0.478 bits per heavy atom. The fraction of sp³-hybridized carbons (Fsp3) is 0.0250. The fourth-order valence-corrected chi connectivity index (χ4v) is 6.17. The Balaban J connectivity index is 0.00000122. The molecule has 0 saturated carbocycles. The summed E-state index contributed by atoms with van der Waals surface area (Å²) in [7, 11) is 2.08. The molecule has 224 valence electrons. The summed E-state index contributed by atoms with van der Waals surface area (Å²) in [5.41, 5.74) is 12.4. The van der Waals surface area contributed by atoms with Crippen LogP contribution in [0.5, 0.6) is 0 Å². The average Bonchev–Trinajstić information content (AvgIpc) is 3.68. The van der Waals surface area contributed by atoms with E-state index in [1.807, 2.05) is 0 Å². The molecule has 0 unspecified atom stereocenters. The van der Waals surface area contributed by atoms with E-state index in [2.05, 4.69) is 192 Å². The van der Waals surface area contributed by atoms with E-state index in [0.717, 1.165) is 34.1 Å². The summed E-state index contributed by atoms with van der Waals surface area (Å²) in [5, 5.41) is 6.25. The van der Waals surface area contributed by atoms with Crippen LogP contribution in [-0.4, -0.2) is 7.05 Å². The molecule has 0 N–H and O–H groups in total. The van der Waals surface area contributed by atoms with Crippen LogP contribution in [0.4, 0.5) is 39.8 Å². The van der Waals surface area contributed by atoms with E-state index < -0.39 is 0 Å². The number of anilines is 7. The second-order valence-corrected chi connectivity index (χ2v) is 10.8. The first-order chi connectivity index (χ1) is 22.3. The van der Waals surface area contributed by atoms with Crippen LogP contribution in [0.3, 0.4) is 0 Å². The fourth-order valence-electron chi connectivity index (χ4n) is 6.17. The third kappa shape index (κ3) is 5.42. The van der Waals surface area contributed by atoms with E-state index >= 15 is 0 Å².